The second-order valence-electron chi connectivity index (χ2n) is 9.35. The van der Waals surface area contributed by atoms with Crippen molar-refractivity contribution in [2.45, 2.75) is 13.0 Å². The lowest BCUT2D eigenvalue weighted by molar-refractivity contribution is -0.0228. The van der Waals surface area contributed by atoms with E-state index in [0.717, 1.165) is 11.6 Å². The minimum atomic E-state index is -0.904. The maximum Gasteiger partial charge on any atom is 0.294 e. The number of phenolic OH excluding ortho intramolecular Hbond substituents is 1. The highest BCUT2D eigenvalue weighted by Gasteiger charge is 2.28. The zero-order valence-corrected chi connectivity index (χ0v) is 21.1. The number of hydrogen-bond donors (Lipinski definition) is 2. The lowest BCUT2D eigenvalue weighted by atomic mass is 10.0. The number of aromatic amines is 1. The van der Waals surface area contributed by atoms with Gasteiger partial charge in [-0.05, 0) is 42.3 Å². The third-order valence-corrected chi connectivity index (χ3v) is 6.96. The summed E-state index contributed by atoms with van der Waals surface area (Å²) in [6, 6.07) is 15.7. The zero-order valence-electron chi connectivity index (χ0n) is 21.1. The monoisotopic (exact) mass is 529 g/mol. The first-order chi connectivity index (χ1) is 18.9. The van der Waals surface area contributed by atoms with E-state index in [4.69, 9.17) is 9.47 Å². The molecule has 10 nitrogen and oxygen atoms in total. The summed E-state index contributed by atoms with van der Waals surface area (Å²) < 4.78 is 26.9. The number of aromatic nitrogens is 4. The molecule has 1 saturated heterocycles. The smallest absolute Gasteiger partial charge is 0.294 e. The third-order valence-electron chi connectivity index (χ3n) is 6.96. The van der Waals surface area contributed by atoms with Crippen LogP contribution < -0.4 is 10.3 Å². The van der Waals surface area contributed by atoms with Gasteiger partial charge in [-0.25, -0.2) is 4.39 Å². The second kappa shape index (κ2) is 9.52. The Morgan fingerprint density at radius 2 is 1.97 bits per heavy atom. The van der Waals surface area contributed by atoms with Crippen LogP contribution in [-0.4, -0.2) is 62.3 Å². The quantitative estimate of drug-likeness (QED) is 0.365. The topological polar surface area (TPSA) is 122 Å². The predicted molar refractivity (Wildman–Crippen MR) is 140 cm³/mol. The number of morpholine rings is 1. The molecule has 2 aromatic heterocycles. The summed E-state index contributed by atoms with van der Waals surface area (Å²) >= 11 is 0. The summed E-state index contributed by atoms with van der Waals surface area (Å²) in [5.74, 6) is -1.61. The first-order valence-electron chi connectivity index (χ1n) is 12.3. The van der Waals surface area contributed by atoms with Gasteiger partial charge in [0.1, 0.15) is 6.10 Å². The maximum atomic E-state index is 14.4. The Hall–Kier alpha value is -4.77. The van der Waals surface area contributed by atoms with Crippen molar-refractivity contribution in [2.24, 2.45) is 0 Å². The van der Waals surface area contributed by atoms with Gasteiger partial charge >= 0.3 is 0 Å². The Bertz CT molecular complexity index is 1800. The fourth-order valence-corrected chi connectivity index (χ4v) is 4.96. The normalized spacial score (nSPS) is 15.7. The molecule has 0 aliphatic carbocycles. The molecule has 0 saturated carbocycles. The van der Waals surface area contributed by atoms with Crippen LogP contribution in [0.2, 0.25) is 0 Å². The number of rotatable bonds is 4. The minimum absolute atomic E-state index is 0.00214. The number of phenols is 1. The third kappa shape index (κ3) is 4.16. The number of aromatic hydroxyl groups is 1. The van der Waals surface area contributed by atoms with Crippen LogP contribution in [0.4, 0.5) is 4.39 Å². The number of carbonyl (C=O) groups is 1. The summed E-state index contributed by atoms with van der Waals surface area (Å²) in [7, 11) is 1.30. The van der Waals surface area contributed by atoms with Crippen LogP contribution in [0.15, 0.2) is 59.4 Å². The van der Waals surface area contributed by atoms with Gasteiger partial charge in [0.25, 0.3) is 11.5 Å². The lowest BCUT2D eigenvalue weighted by Gasteiger charge is -2.33. The molecule has 0 radical (unpaired) electrons. The molecule has 1 aliphatic rings. The van der Waals surface area contributed by atoms with Crippen molar-refractivity contribution in [3.05, 3.63) is 87.5 Å². The highest BCUT2D eigenvalue weighted by molar-refractivity contribution is 5.99. The molecule has 1 unspecified atom stereocenters. The summed E-state index contributed by atoms with van der Waals surface area (Å²) in [5, 5.41) is 18.0. The average molecular weight is 530 g/mol. The van der Waals surface area contributed by atoms with Crippen LogP contribution in [0.3, 0.4) is 0 Å². The number of aryl methyl sites for hydroxylation is 1. The van der Waals surface area contributed by atoms with E-state index in [1.54, 1.807) is 17.0 Å². The van der Waals surface area contributed by atoms with Crippen molar-refractivity contribution in [2.75, 3.05) is 26.8 Å². The SMILES string of the molecule is COc1cc(-c2nnc3c(=O)[nH]c4cc(C(=O)N5CCOC(c6ccccc6)C5)c(C)cc4n23)cc(F)c1O. The Kier molecular flexibility index (Phi) is 5.99. The molecule has 1 fully saturated rings. The molecule has 6 rings (SSSR count). The van der Waals surface area contributed by atoms with E-state index < -0.39 is 17.1 Å². The molecule has 1 aliphatic heterocycles. The molecule has 0 spiro atoms. The minimum Gasteiger partial charge on any atom is -0.502 e. The van der Waals surface area contributed by atoms with Crippen molar-refractivity contribution >= 4 is 22.6 Å². The van der Waals surface area contributed by atoms with Gasteiger partial charge in [-0.1, -0.05) is 30.3 Å². The Labute approximate surface area is 221 Å². The lowest BCUT2D eigenvalue weighted by Crippen LogP contribution is -2.42. The van der Waals surface area contributed by atoms with Gasteiger partial charge in [0.15, 0.2) is 23.1 Å². The number of methoxy groups -OCH3 is 1. The summed E-state index contributed by atoms with van der Waals surface area (Å²) in [6.45, 7) is 3.07. The average Bonchev–Trinajstić information content (AvgIpc) is 3.41. The molecule has 11 heteroatoms. The number of fused-ring (bicyclic) bond motifs is 3. The first kappa shape index (κ1) is 24.6. The van der Waals surface area contributed by atoms with Crippen LogP contribution in [0, 0.1) is 12.7 Å². The van der Waals surface area contributed by atoms with Crippen LogP contribution in [-0.2, 0) is 4.74 Å². The Balaban J connectivity index is 1.43. The van der Waals surface area contributed by atoms with E-state index in [-0.39, 0.29) is 34.8 Å². The maximum absolute atomic E-state index is 14.4. The largest absolute Gasteiger partial charge is 0.502 e. The number of H-pyrrole nitrogens is 1. The first-order valence-corrected chi connectivity index (χ1v) is 12.3. The predicted octanol–water partition coefficient (Wildman–Crippen LogP) is 3.61. The number of hydrogen-bond acceptors (Lipinski definition) is 7. The van der Waals surface area contributed by atoms with Crippen LogP contribution >= 0.6 is 0 Å². The molecule has 1 amide bonds. The van der Waals surface area contributed by atoms with Crippen molar-refractivity contribution in [1.29, 1.82) is 0 Å². The Morgan fingerprint density at radius 1 is 1.18 bits per heavy atom. The Morgan fingerprint density at radius 3 is 2.74 bits per heavy atom. The van der Waals surface area contributed by atoms with Crippen molar-refractivity contribution in [1.82, 2.24) is 24.5 Å². The summed E-state index contributed by atoms with van der Waals surface area (Å²) in [6.07, 6.45) is -0.230. The number of ether oxygens (including phenoxy) is 2. The summed E-state index contributed by atoms with van der Waals surface area (Å²) in [5.41, 5.74) is 2.76. The van der Waals surface area contributed by atoms with E-state index in [1.807, 2.05) is 37.3 Å². The van der Waals surface area contributed by atoms with Crippen molar-refractivity contribution in [3.63, 3.8) is 0 Å². The zero-order chi connectivity index (χ0) is 27.3. The molecular weight excluding hydrogens is 505 g/mol. The number of halogens is 1. The van der Waals surface area contributed by atoms with E-state index >= 15 is 0 Å². The fourth-order valence-electron chi connectivity index (χ4n) is 4.96. The molecule has 39 heavy (non-hydrogen) atoms. The molecule has 3 heterocycles. The van der Waals surface area contributed by atoms with Crippen LogP contribution in [0.5, 0.6) is 11.5 Å². The van der Waals surface area contributed by atoms with E-state index in [2.05, 4.69) is 15.2 Å². The molecule has 0 bridgehead atoms. The van der Waals surface area contributed by atoms with Gasteiger partial charge in [-0.3, -0.25) is 14.0 Å². The van der Waals surface area contributed by atoms with E-state index in [9.17, 15) is 19.1 Å². The highest BCUT2D eigenvalue weighted by atomic mass is 19.1. The molecule has 198 valence electrons. The molecule has 5 aromatic rings. The van der Waals surface area contributed by atoms with Crippen LogP contribution in [0.25, 0.3) is 28.1 Å². The highest BCUT2D eigenvalue weighted by Crippen LogP contribution is 2.34. The van der Waals surface area contributed by atoms with Crippen LogP contribution in [0.1, 0.15) is 27.6 Å². The van der Waals surface area contributed by atoms with E-state index in [0.29, 0.717) is 41.9 Å². The van der Waals surface area contributed by atoms with E-state index in [1.165, 1.54) is 17.6 Å². The van der Waals surface area contributed by atoms with Gasteiger partial charge in [-0.2, -0.15) is 0 Å². The number of benzene rings is 3. The molecule has 1 atom stereocenters. The van der Waals surface area contributed by atoms with Crippen molar-refractivity contribution < 1.29 is 23.8 Å². The summed E-state index contributed by atoms with van der Waals surface area (Å²) in [4.78, 5) is 31.1. The van der Waals surface area contributed by atoms with Gasteiger partial charge < -0.3 is 24.5 Å². The number of nitrogens with zero attached hydrogens (tertiary/aromatic N) is 4. The van der Waals surface area contributed by atoms with Gasteiger partial charge in [0.05, 0.1) is 31.3 Å². The number of carbonyl (C=O) groups excluding carboxylic acids is 1. The van der Waals surface area contributed by atoms with Crippen molar-refractivity contribution in [3.8, 4) is 22.9 Å². The molecule has 3 aromatic carbocycles. The van der Waals surface area contributed by atoms with Gasteiger partial charge in [0, 0.05) is 17.7 Å². The number of amides is 1. The van der Waals surface area contributed by atoms with Gasteiger partial charge in [0.2, 0.25) is 5.65 Å². The second-order valence-corrected chi connectivity index (χ2v) is 9.35. The molecular formula is C28H24FN5O5. The standard InChI is InChI=1S/C28H24FN5O5/c1-15-10-21-20(13-18(15)28(37)33-8-9-39-23(14-33)16-6-4-3-5-7-16)30-27(36)26-32-31-25(34(21)26)17-11-19(29)24(35)22(12-17)38-2/h3-7,10-13,23,35H,8-9,14H2,1-2H3,(H,30,36). The number of nitrogens with one attached hydrogen (secondary N) is 1. The fraction of sp³-hybridized carbons (Fsp3) is 0.214. The molecule has 2 N–H and O–H groups in total. The van der Waals surface area contributed by atoms with Gasteiger partial charge in [-0.15, -0.1) is 10.2 Å².